The van der Waals surface area contributed by atoms with Crippen LogP contribution in [0.15, 0.2) is 53.1 Å². The number of nitrogens with one attached hydrogen (secondary N) is 1. The summed E-state index contributed by atoms with van der Waals surface area (Å²) in [4.78, 5) is 22.0. The number of aromatic amines is 1. The molecule has 3 aliphatic heterocycles. The van der Waals surface area contributed by atoms with Crippen LogP contribution in [-0.4, -0.2) is 70.4 Å². The number of halogens is 1. The van der Waals surface area contributed by atoms with Crippen LogP contribution in [0.25, 0.3) is 33.8 Å². The van der Waals surface area contributed by atoms with Gasteiger partial charge in [0, 0.05) is 61.1 Å². The Hall–Kier alpha value is -4.02. The highest BCUT2D eigenvalue weighted by atomic mass is 19.1. The fourth-order valence-corrected chi connectivity index (χ4v) is 5.38. The molecule has 0 amide bonds. The summed E-state index contributed by atoms with van der Waals surface area (Å²) in [5, 5.41) is 0.826. The number of fused-ring (bicyclic) bond motifs is 4. The Morgan fingerprint density at radius 3 is 2.92 bits per heavy atom. The quantitative estimate of drug-likeness (QED) is 0.404. The van der Waals surface area contributed by atoms with Crippen LogP contribution in [0, 0.1) is 0 Å². The third kappa shape index (κ3) is 3.97. The molecule has 7 rings (SSSR count). The first-order chi connectivity index (χ1) is 18.5. The topological polar surface area (TPSA) is 92.5 Å². The molecule has 9 nitrogen and oxygen atoms in total. The minimum Gasteiger partial charge on any atom is -0.432 e. The monoisotopic (exact) mass is 514 g/mol. The van der Waals surface area contributed by atoms with Crippen LogP contribution < -0.4 is 4.90 Å². The maximum atomic E-state index is 13.7. The van der Waals surface area contributed by atoms with Crippen molar-refractivity contribution in [3.05, 3.63) is 71.4 Å². The van der Waals surface area contributed by atoms with E-state index in [2.05, 4.69) is 38.5 Å². The number of hydrogen-bond donors (Lipinski definition) is 1. The lowest BCUT2D eigenvalue weighted by Gasteiger charge is -2.28. The van der Waals surface area contributed by atoms with Gasteiger partial charge in [-0.05, 0) is 36.8 Å². The number of hydrogen-bond acceptors (Lipinski definition) is 8. The molecule has 3 aliphatic rings. The first-order valence-electron chi connectivity index (χ1n) is 12.7. The Kier molecular flexibility index (Phi) is 5.52. The molecule has 2 bridgehead atoms. The van der Waals surface area contributed by atoms with Crippen molar-refractivity contribution in [3.63, 3.8) is 0 Å². The molecule has 10 heteroatoms. The number of morpholine rings is 2. The van der Waals surface area contributed by atoms with E-state index in [0.29, 0.717) is 72.6 Å². The summed E-state index contributed by atoms with van der Waals surface area (Å²) < 4.78 is 31.2. The average molecular weight is 515 g/mol. The summed E-state index contributed by atoms with van der Waals surface area (Å²) in [5.41, 5.74) is 6.02. The van der Waals surface area contributed by atoms with E-state index in [1.54, 1.807) is 6.20 Å². The average Bonchev–Trinajstić information content (AvgIpc) is 3.72. The number of pyridine rings is 1. The van der Waals surface area contributed by atoms with E-state index < -0.39 is 0 Å². The van der Waals surface area contributed by atoms with Gasteiger partial charge in [-0.3, -0.25) is 0 Å². The fourth-order valence-electron chi connectivity index (χ4n) is 5.38. The van der Waals surface area contributed by atoms with Crippen LogP contribution in [0.4, 0.5) is 10.2 Å². The lowest BCUT2D eigenvalue weighted by molar-refractivity contribution is 0.0579. The van der Waals surface area contributed by atoms with Crippen LogP contribution in [-0.2, 0) is 16.0 Å². The Morgan fingerprint density at radius 1 is 1.29 bits per heavy atom. The van der Waals surface area contributed by atoms with Gasteiger partial charge in [-0.1, -0.05) is 6.58 Å². The van der Waals surface area contributed by atoms with Crippen molar-refractivity contribution in [2.45, 2.75) is 19.6 Å². The van der Waals surface area contributed by atoms with Gasteiger partial charge in [-0.15, -0.1) is 0 Å². The zero-order chi connectivity index (χ0) is 25.8. The third-order valence-corrected chi connectivity index (χ3v) is 7.24. The molecule has 1 atom stereocenters. The molecular formula is C28H27FN6O3. The van der Waals surface area contributed by atoms with Gasteiger partial charge in [0.1, 0.15) is 5.52 Å². The summed E-state index contributed by atoms with van der Waals surface area (Å²) in [5.74, 6) is 0.833. The number of allylic oxidation sites excluding steroid dienone is 1. The Bertz CT molecular complexity index is 1630. The van der Waals surface area contributed by atoms with Crippen molar-refractivity contribution in [2.24, 2.45) is 0 Å². The zero-order valence-electron chi connectivity index (χ0n) is 21.0. The highest BCUT2D eigenvalue weighted by Crippen LogP contribution is 2.36. The molecule has 0 unspecified atom stereocenters. The Labute approximate surface area is 218 Å². The van der Waals surface area contributed by atoms with Gasteiger partial charge < -0.3 is 28.7 Å². The Balaban J connectivity index is 1.34. The molecule has 0 aromatic carbocycles. The summed E-state index contributed by atoms with van der Waals surface area (Å²) in [6.45, 7) is 10.5. The maximum Gasteiger partial charge on any atom is 0.229 e. The van der Waals surface area contributed by atoms with E-state index in [1.807, 2.05) is 12.3 Å². The summed E-state index contributed by atoms with van der Waals surface area (Å²) in [6, 6.07) is 3.95. The molecule has 0 aliphatic carbocycles. The molecule has 7 heterocycles. The minimum absolute atomic E-state index is 0.184. The number of aromatic nitrogens is 4. The van der Waals surface area contributed by atoms with E-state index in [1.165, 1.54) is 18.7 Å². The van der Waals surface area contributed by atoms with Gasteiger partial charge in [0.15, 0.2) is 17.2 Å². The van der Waals surface area contributed by atoms with Crippen LogP contribution in [0.1, 0.15) is 29.6 Å². The number of anilines is 1. The molecule has 0 radical (unpaired) electrons. The molecule has 38 heavy (non-hydrogen) atoms. The number of rotatable bonds is 6. The first kappa shape index (κ1) is 23.1. The zero-order valence-corrected chi connectivity index (χ0v) is 21.0. The molecule has 4 aromatic heterocycles. The number of furan rings is 1. The van der Waals surface area contributed by atoms with Gasteiger partial charge in [0.25, 0.3) is 0 Å². The summed E-state index contributed by atoms with van der Waals surface area (Å²) >= 11 is 0. The number of ether oxygens (including phenoxy) is 2. The van der Waals surface area contributed by atoms with Crippen molar-refractivity contribution >= 4 is 39.7 Å². The van der Waals surface area contributed by atoms with Crippen molar-refractivity contribution in [1.29, 1.82) is 0 Å². The normalized spacial score (nSPS) is 19.7. The van der Waals surface area contributed by atoms with E-state index >= 15 is 0 Å². The predicted octanol–water partition coefficient (Wildman–Crippen LogP) is 4.43. The van der Waals surface area contributed by atoms with Crippen molar-refractivity contribution in [2.75, 3.05) is 44.4 Å². The smallest absolute Gasteiger partial charge is 0.229 e. The predicted molar refractivity (Wildman–Crippen MR) is 142 cm³/mol. The third-order valence-electron chi connectivity index (χ3n) is 7.24. The SMILES string of the molecule is C=C(c1nc(N2CCOCC2)c2oc3ncc(CN4C[C@@H]5C=C4CO5)cc3c2n1)c1cc[nH]c1/C=C(\C)F. The van der Waals surface area contributed by atoms with Crippen LogP contribution >= 0.6 is 0 Å². The minimum atomic E-state index is -0.306. The Morgan fingerprint density at radius 2 is 2.16 bits per heavy atom. The summed E-state index contributed by atoms with van der Waals surface area (Å²) in [7, 11) is 0. The van der Waals surface area contributed by atoms with Crippen LogP contribution in [0.5, 0.6) is 0 Å². The van der Waals surface area contributed by atoms with E-state index in [0.717, 1.165) is 29.6 Å². The first-order valence-corrected chi connectivity index (χ1v) is 12.7. The van der Waals surface area contributed by atoms with Crippen molar-refractivity contribution in [1.82, 2.24) is 24.8 Å². The maximum absolute atomic E-state index is 13.7. The molecule has 4 aromatic rings. The van der Waals surface area contributed by atoms with Crippen molar-refractivity contribution in [3.8, 4) is 0 Å². The number of nitrogens with zero attached hydrogens (tertiary/aromatic N) is 5. The fraction of sp³-hybridized carbons (Fsp3) is 0.321. The van der Waals surface area contributed by atoms with Gasteiger partial charge in [-0.25, -0.2) is 19.3 Å². The van der Waals surface area contributed by atoms with Gasteiger partial charge in [0.05, 0.1) is 37.1 Å². The van der Waals surface area contributed by atoms with Crippen LogP contribution in [0.2, 0.25) is 0 Å². The lowest BCUT2D eigenvalue weighted by Crippen LogP contribution is -2.37. The molecule has 1 N–H and O–H groups in total. The second-order valence-electron chi connectivity index (χ2n) is 9.85. The summed E-state index contributed by atoms with van der Waals surface area (Å²) in [6.07, 6.45) is 7.43. The van der Waals surface area contributed by atoms with E-state index in [4.69, 9.17) is 23.9 Å². The largest absolute Gasteiger partial charge is 0.432 e. The molecule has 0 spiro atoms. The molecule has 194 valence electrons. The van der Waals surface area contributed by atoms with Gasteiger partial charge >= 0.3 is 0 Å². The van der Waals surface area contributed by atoms with E-state index in [9.17, 15) is 4.39 Å². The van der Waals surface area contributed by atoms with Crippen LogP contribution in [0.3, 0.4) is 0 Å². The second kappa shape index (κ2) is 9.07. The van der Waals surface area contributed by atoms with E-state index in [-0.39, 0.29) is 11.9 Å². The molecular weight excluding hydrogens is 487 g/mol. The number of H-pyrrole nitrogens is 1. The van der Waals surface area contributed by atoms with Gasteiger partial charge in [-0.2, -0.15) is 0 Å². The highest BCUT2D eigenvalue weighted by Gasteiger charge is 2.30. The highest BCUT2D eigenvalue weighted by molar-refractivity contribution is 6.05. The lowest BCUT2D eigenvalue weighted by atomic mass is 10.1. The van der Waals surface area contributed by atoms with Gasteiger partial charge in [0.2, 0.25) is 5.71 Å². The molecule has 0 saturated carbocycles. The standard InChI is InChI=1S/C28H27FN6O3/c1-16(29)9-23-21(3-4-30-23)17(2)26-32-24-22-10-18(13-35-14-20-11-19(35)15-37-20)12-31-28(22)38-25(24)27(33-26)34-5-7-36-8-6-34/h3-4,9-12,20,30H,2,5-8,13-15H2,1H3/b16-9+/t20-/m0/s1. The molecule has 1 saturated heterocycles. The molecule has 1 fully saturated rings. The second-order valence-corrected chi connectivity index (χ2v) is 9.85. The van der Waals surface area contributed by atoms with Crippen molar-refractivity contribution < 1.29 is 18.3 Å².